The molecule has 4 N–H and O–H groups in total. The molecule has 1 amide bonds. The number of hydrogen-bond acceptors (Lipinski definition) is 6. The van der Waals surface area contributed by atoms with Crippen LogP contribution in [0.2, 0.25) is 0 Å². The van der Waals surface area contributed by atoms with E-state index in [4.69, 9.17) is 10.5 Å². The smallest absolute Gasteiger partial charge is 0.336 e. The molecule has 104 valence electrons. The number of carbonyl (C=O) groups excluding carboxylic acids is 2. The third-order valence-electron chi connectivity index (χ3n) is 2.22. The van der Waals surface area contributed by atoms with Gasteiger partial charge in [-0.3, -0.25) is 4.79 Å². The minimum absolute atomic E-state index is 0.224. The zero-order valence-corrected chi connectivity index (χ0v) is 10.5. The summed E-state index contributed by atoms with van der Waals surface area (Å²) >= 11 is 0. The van der Waals surface area contributed by atoms with E-state index >= 15 is 0 Å². The minimum Gasteiger partial charge on any atom is -0.484 e. The molecule has 0 radical (unpaired) electrons. The summed E-state index contributed by atoms with van der Waals surface area (Å²) in [6.45, 7) is -0.450. The molecule has 0 aliphatic heterocycles. The van der Waals surface area contributed by atoms with Gasteiger partial charge in [0.05, 0.1) is 13.7 Å². The van der Waals surface area contributed by atoms with Gasteiger partial charge >= 0.3 is 5.97 Å². The molecule has 7 nitrogen and oxygen atoms in total. The summed E-state index contributed by atoms with van der Waals surface area (Å²) in [6.07, 6.45) is -1.38. The summed E-state index contributed by atoms with van der Waals surface area (Å²) < 4.78 is 9.48. The number of nitrogen functional groups attached to an aromatic ring is 1. The molecule has 1 unspecified atom stereocenters. The predicted octanol–water partition coefficient (Wildman–Crippen LogP) is -0.702. The van der Waals surface area contributed by atoms with Crippen LogP contribution in [0.4, 0.5) is 5.69 Å². The molecule has 0 fully saturated rings. The Morgan fingerprint density at radius 3 is 2.58 bits per heavy atom. The first-order chi connectivity index (χ1) is 9.02. The van der Waals surface area contributed by atoms with E-state index in [1.54, 1.807) is 24.3 Å². The first kappa shape index (κ1) is 14.8. The molecule has 0 bridgehead atoms. The Kier molecular flexibility index (Phi) is 5.62. The lowest BCUT2D eigenvalue weighted by atomic mass is 10.3. The highest BCUT2D eigenvalue weighted by Crippen LogP contribution is 2.12. The van der Waals surface area contributed by atoms with Crippen LogP contribution in [0, 0.1) is 0 Å². The van der Waals surface area contributed by atoms with Gasteiger partial charge in [-0.15, -0.1) is 0 Å². The molecule has 0 aliphatic carbocycles. The third kappa shape index (κ3) is 5.26. The molecule has 0 saturated heterocycles. The largest absolute Gasteiger partial charge is 0.484 e. The second kappa shape index (κ2) is 7.22. The Hall–Kier alpha value is -2.28. The van der Waals surface area contributed by atoms with Crippen molar-refractivity contribution >= 4 is 17.6 Å². The van der Waals surface area contributed by atoms with Crippen LogP contribution in [0.3, 0.4) is 0 Å². The zero-order chi connectivity index (χ0) is 14.3. The topological polar surface area (TPSA) is 111 Å². The number of aliphatic hydroxyl groups excluding tert-OH is 1. The molecule has 1 aromatic carbocycles. The molecule has 1 aromatic rings. The quantitative estimate of drug-likeness (QED) is 0.464. The molecule has 0 aliphatic rings. The number of ether oxygens (including phenoxy) is 2. The van der Waals surface area contributed by atoms with Crippen molar-refractivity contribution in [3.8, 4) is 5.75 Å². The summed E-state index contributed by atoms with van der Waals surface area (Å²) in [7, 11) is 1.15. The number of anilines is 1. The third-order valence-corrected chi connectivity index (χ3v) is 2.22. The molecular formula is C12H16N2O5. The fourth-order valence-corrected chi connectivity index (χ4v) is 1.19. The van der Waals surface area contributed by atoms with Crippen molar-refractivity contribution < 1.29 is 24.2 Å². The number of amides is 1. The lowest BCUT2D eigenvalue weighted by molar-refractivity contribution is -0.150. The van der Waals surface area contributed by atoms with Gasteiger partial charge in [-0.2, -0.15) is 0 Å². The van der Waals surface area contributed by atoms with E-state index in [-0.39, 0.29) is 13.2 Å². The molecular weight excluding hydrogens is 252 g/mol. The van der Waals surface area contributed by atoms with Crippen molar-refractivity contribution in [3.63, 3.8) is 0 Å². The zero-order valence-electron chi connectivity index (χ0n) is 10.5. The van der Waals surface area contributed by atoms with E-state index in [1.807, 2.05) is 0 Å². The van der Waals surface area contributed by atoms with Crippen LogP contribution in [0.1, 0.15) is 0 Å². The average Bonchev–Trinajstić information content (AvgIpc) is 2.43. The summed E-state index contributed by atoms with van der Waals surface area (Å²) in [5.74, 6) is -0.766. The molecule has 1 atom stereocenters. The predicted molar refractivity (Wildman–Crippen MR) is 67.4 cm³/mol. The summed E-state index contributed by atoms with van der Waals surface area (Å²) in [5.41, 5.74) is 6.09. The van der Waals surface area contributed by atoms with E-state index in [0.717, 1.165) is 7.11 Å². The van der Waals surface area contributed by atoms with Crippen LogP contribution >= 0.6 is 0 Å². The van der Waals surface area contributed by atoms with Gasteiger partial charge in [0, 0.05) is 5.69 Å². The highest BCUT2D eigenvalue weighted by atomic mass is 16.5. The molecule has 1 rings (SSSR count). The van der Waals surface area contributed by atoms with Gasteiger partial charge in [-0.05, 0) is 24.3 Å². The Morgan fingerprint density at radius 2 is 2.00 bits per heavy atom. The standard InChI is InChI=1S/C12H16N2O5/c1-18-12(17)10(15)6-14-11(16)7-19-9-4-2-8(13)3-5-9/h2-5,10,15H,6-7,13H2,1H3,(H,14,16). The second-order valence-electron chi connectivity index (χ2n) is 3.70. The number of esters is 1. The average molecular weight is 268 g/mol. The summed E-state index contributed by atoms with van der Waals surface area (Å²) in [6, 6.07) is 6.56. The Morgan fingerprint density at radius 1 is 1.37 bits per heavy atom. The van der Waals surface area contributed by atoms with Gasteiger partial charge < -0.3 is 25.6 Å². The van der Waals surface area contributed by atoms with Gasteiger partial charge in [-0.1, -0.05) is 0 Å². The number of methoxy groups -OCH3 is 1. The van der Waals surface area contributed by atoms with Crippen LogP contribution in [-0.2, 0) is 14.3 Å². The SMILES string of the molecule is COC(=O)C(O)CNC(=O)COc1ccc(N)cc1. The van der Waals surface area contributed by atoms with E-state index < -0.39 is 18.0 Å². The van der Waals surface area contributed by atoms with Crippen LogP contribution in [0.15, 0.2) is 24.3 Å². The van der Waals surface area contributed by atoms with Crippen LogP contribution in [-0.4, -0.2) is 43.3 Å². The molecule has 19 heavy (non-hydrogen) atoms. The number of nitrogens with two attached hydrogens (primary N) is 1. The maximum absolute atomic E-state index is 11.4. The normalized spacial score (nSPS) is 11.5. The minimum atomic E-state index is -1.38. The number of rotatable bonds is 6. The monoisotopic (exact) mass is 268 g/mol. The Labute approximate surface area is 110 Å². The molecule has 0 heterocycles. The summed E-state index contributed by atoms with van der Waals surface area (Å²) in [4.78, 5) is 22.2. The number of benzene rings is 1. The molecule has 0 spiro atoms. The number of nitrogens with one attached hydrogen (secondary N) is 1. The van der Waals surface area contributed by atoms with E-state index in [9.17, 15) is 14.7 Å². The first-order valence-corrected chi connectivity index (χ1v) is 5.54. The molecule has 7 heteroatoms. The van der Waals surface area contributed by atoms with Crippen molar-refractivity contribution in [3.05, 3.63) is 24.3 Å². The lowest BCUT2D eigenvalue weighted by Crippen LogP contribution is -2.39. The first-order valence-electron chi connectivity index (χ1n) is 5.54. The van der Waals surface area contributed by atoms with Crippen LogP contribution < -0.4 is 15.8 Å². The molecule has 0 aromatic heterocycles. The molecule has 0 saturated carbocycles. The van der Waals surface area contributed by atoms with Crippen molar-refractivity contribution in [1.82, 2.24) is 5.32 Å². The van der Waals surface area contributed by atoms with Crippen LogP contribution in [0.25, 0.3) is 0 Å². The Bertz CT molecular complexity index is 432. The van der Waals surface area contributed by atoms with E-state index in [0.29, 0.717) is 11.4 Å². The van der Waals surface area contributed by atoms with Crippen molar-refractivity contribution in [2.45, 2.75) is 6.10 Å². The fraction of sp³-hybridized carbons (Fsp3) is 0.333. The fourth-order valence-electron chi connectivity index (χ4n) is 1.19. The van der Waals surface area contributed by atoms with Crippen molar-refractivity contribution in [1.29, 1.82) is 0 Å². The van der Waals surface area contributed by atoms with E-state index in [1.165, 1.54) is 0 Å². The maximum atomic E-state index is 11.4. The summed E-state index contributed by atoms with van der Waals surface area (Å²) in [5, 5.41) is 11.6. The van der Waals surface area contributed by atoms with Gasteiger partial charge in [0.15, 0.2) is 12.7 Å². The number of hydrogen-bond donors (Lipinski definition) is 3. The van der Waals surface area contributed by atoms with Crippen LogP contribution in [0.5, 0.6) is 5.75 Å². The van der Waals surface area contributed by atoms with E-state index in [2.05, 4.69) is 10.1 Å². The van der Waals surface area contributed by atoms with Gasteiger partial charge in [0.2, 0.25) is 0 Å². The van der Waals surface area contributed by atoms with Gasteiger partial charge in [0.1, 0.15) is 5.75 Å². The van der Waals surface area contributed by atoms with Gasteiger partial charge in [0.25, 0.3) is 5.91 Å². The Balaban J connectivity index is 2.28. The number of carbonyl (C=O) groups is 2. The lowest BCUT2D eigenvalue weighted by Gasteiger charge is -2.10. The van der Waals surface area contributed by atoms with Crippen molar-refractivity contribution in [2.24, 2.45) is 0 Å². The maximum Gasteiger partial charge on any atom is 0.336 e. The highest BCUT2D eigenvalue weighted by molar-refractivity contribution is 5.79. The highest BCUT2D eigenvalue weighted by Gasteiger charge is 2.16. The van der Waals surface area contributed by atoms with Crippen molar-refractivity contribution in [2.75, 3.05) is 26.0 Å². The second-order valence-corrected chi connectivity index (χ2v) is 3.70. The van der Waals surface area contributed by atoms with Gasteiger partial charge in [-0.25, -0.2) is 4.79 Å². The number of aliphatic hydroxyl groups is 1.